The summed E-state index contributed by atoms with van der Waals surface area (Å²) >= 11 is 0. The molecule has 6 heteroatoms. The van der Waals surface area contributed by atoms with Crippen LogP contribution in [0.5, 0.6) is 0 Å². The number of piperidine rings is 1. The van der Waals surface area contributed by atoms with Crippen LogP contribution < -0.4 is 0 Å². The van der Waals surface area contributed by atoms with Crippen molar-refractivity contribution in [1.82, 2.24) is 14.7 Å². The summed E-state index contributed by atoms with van der Waals surface area (Å²) in [5, 5.41) is 0. The molecule has 1 aromatic carbocycles. The highest BCUT2D eigenvalue weighted by Gasteiger charge is 2.35. The fourth-order valence-corrected chi connectivity index (χ4v) is 4.40. The second-order valence-electron chi connectivity index (χ2n) is 8.25. The van der Waals surface area contributed by atoms with Gasteiger partial charge in [-0.3, -0.25) is 14.6 Å². The van der Waals surface area contributed by atoms with Gasteiger partial charge in [0.2, 0.25) is 5.91 Å². The molecule has 2 atom stereocenters. The molecule has 150 valence electrons. The number of fused-ring (bicyclic) bond motifs is 4. The molecule has 0 spiro atoms. The quantitative estimate of drug-likeness (QED) is 0.793. The van der Waals surface area contributed by atoms with E-state index in [0.717, 1.165) is 38.4 Å². The normalized spacial score (nSPS) is 23.0. The lowest BCUT2D eigenvalue weighted by atomic mass is 9.95. The predicted molar refractivity (Wildman–Crippen MR) is 106 cm³/mol. The van der Waals surface area contributed by atoms with Gasteiger partial charge in [0.1, 0.15) is 17.3 Å². The number of carbonyl (C=O) groups excluding carboxylic acids is 1. The molecule has 3 fully saturated rings. The van der Waals surface area contributed by atoms with Crippen LogP contribution in [0.15, 0.2) is 40.8 Å². The molecule has 1 aromatic heterocycles. The summed E-state index contributed by atoms with van der Waals surface area (Å²) in [6.45, 7) is 4.13. The second-order valence-corrected chi connectivity index (χ2v) is 8.25. The van der Waals surface area contributed by atoms with Crippen molar-refractivity contribution in [2.75, 3.05) is 40.3 Å². The van der Waals surface area contributed by atoms with Crippen LogP contribution in [0.2, 0.25) is 0 Å². The minimum Gasteiger partial charge on any atom is -0.460 e. The van der Waals surface area contributed by atoms with E-state index in [1.54, 1.807) is 17.0 Å². The third kappa shape index (κ3) is 4.13. The summed E-state index contributed by atoms with van der Waals surface area (Å²) in [5.74, 6) is 1.91. The number of furan rings is 1. The van der Waals surface area contributed by atoms with Crippen molar-refractivity contribution in [3.05, 3.63) is 48.0 Å². The van der Waals surface area contributed by atoms with Crippen LogP contribution in [-0.2, 0) is 11.3 Å². The van der Waals surface area contributed by atoms with Gasteiger partial charge in [-0.05, 0) is 43.0 Å². The maximum atomic E-state index is 14.0. The zero-order valence-electron chi connectivity index (χ0n) is 16.6. The van der Waals surface area contributed by atoms with Gasteiger partial charge in [-0.15, -0.1) is 0 Å². The van der Waals surface area contributed by atoms with Gasteiger partial charge in [0.05, 0.1) is 18.7 Å². The maximum absolute atomic E-state index is 14.0. The number of rotatable bonds is 5. The Bertz CT molecular complexity index is 835. The first-order valence-electron chi connectivity index (χ1n) is 10.00. The number of benzene rings is 1. The molecular formula is C22H28FN3O2. The predicted octanol–water partition coefficient (Wildman–Crippen LogP) is 3.07. The Labute approximate surface area is 165 Å². The minimum absolute atomic E-state index is 0.161. The highest BCUT2D eigenvalue weighted by molar-refractivity contribution is 5.77. The number of hydrogen-bond acceptors (Lipinski definition) is 4. The fraction of sp³-hybridized carbons (Fsp3) is 0.500. The smallest absolute Gasteiger partial charge is 0.236 e. The van der Waals surface area contributed by atoms with Crippen LogP contribution in [0.4, 0.5) is 4.39 Å². The van der Waals surface area contributed by atoms with E-state index in [1.165, 1.54) is 12.5 Å². The van der Waals surface area contributed by atoms with E-state index in [9.17, 15) is 9.18 Å². The summed E-state index contributed by atoms with van der Waals surface area (Å²) in [7, 11) is 3.62. The number of halogens is 1. The highest BCUT2D eigenvalue weighted by Crippen LogP contribution is 2.31. The van der Waals surface area contributed by atoms with E-state index in [2.05, 4.69) is 9.80 Å². The van der Waals surface area contributed by atoms with E-state index in [-0.39, 0.29) is 11.7 Å². The summed E-state index contributed by atoms with van der Waals surface area (Å²) < 4.78 is 20.0. The first kappa shape index (κ1) is 19.2. The van der Waals surface area contributed by atoms with Gasteiger partial charge in [0, 0.05) is 39.8 Å². The lowest BCUT2D eigenvalue weighted by molar-refractivity contribution is -0.130. The molecule has 4 heterocycles. The molecule has 0 radical (unpaired) electrons. The summed E-state index contributed by atoms with van der Waals surface area (Å²) in [6, 6.07) is 10.9. The van der Waals surface area contributed by atoms with E-state index >= 15 is 0 Å². The average Bonchev–Trinajstić information content (AvgIpc) is 2.95. The number of likely N-dealkylation sites (N-methyl/N-ethyl adjacent to an activating group) is 1. The lowest BCUT2D eigenvalue weighted by Gasteiger charge is -2.35. The van der Waals surface area contributed by atoms with Gasteiger partial charge < -0.3 is 9.32 Å². The molecule has 3 aliphatic rings. The lowest BCUT2D eigenvalue weighted by Crippen LogP contribution is -2.44. The van der Waals surface area contributed by atoms with Crippen molar-refractivity contribution in [3.63, 3.8) is 0 Å². The highest BCUT2D eigenvalue weighted by atomic mass is 19.1. The Morgan fingerprint density at radius 1 is 1.14 bits per heavy atom. The number of hydrogen-bond donors (Lipinski definition) is 0. The zero-order chi connectivity index (χ0) is 19.7. The van der Waals surface area contributed by atoms with Crippen molar-refractivity contribution in [2.45, 2.75) is 25.4 Å². The van der Waals surface area contributed by atoms with E-state index in [1.807, 2.05) is 32.3 Å². The van der Waals surface area contributed by atoms with Crippen molar-refractivity contribution >= 4 is 5.91 Å². The Kier molecular flexibility index (Phi) is 5.51. The largest absolute Gasteiger partial charge is 0.460 e. The summed E-state index contributed by atoms with van der Waals surface area (Å²) in [4.78, 5) is 18.6. The fourth-order valence-electron chi connectivity index (χ4n) is 4.40. The standard InChI is InChI=1S/C22H28FN3O2/c1-24(2)22(27)15-25-11-16-7-8-17(13-25)26(12-16)14-18-9-10-21(28-18)19-5-3-4-6-20(19)23/h3-6,9-10,16-17H,7-8,11-15H2,1-2H3/t16-,17+/m1/s1. The molecule has 0 unspecified atom stereocenters. The molecular weight excluding hydrogens is 357 g/mol. The Hall–Kier alpha value is -2.18. The molecule has 3 aliphatic heterocycles. The van der Waals surface area contributed by atoms with Crippen LogP contribution >= 0.6 is 0 Å². The summed E-state index contributed by atoms with van der Waals surface area (Å²) in [5.41, 5.74) is 0.500. The maximum Gasteiger partial charge on any atom is 0.236 e. The van der Waals surface area contributed by atoms with Gasteiger partial charge in [0.25, 0.3) is 0 Å². The van der Waals surface area contributed by atoms with Crippen LogP contribution in [-0.4, -0.2) is 66.9 Å². The van der Waals surface area contributed by atoms with Gasteiger partial charge in [-0.2, -0.15) is 0 Å². The van der Waals surface area contributed by atoms with Gasteiger partial charge >= 0.3 is 0 Å². The van der Waals surface area contributed by atoms with Crippen molar-refractivity contribution in [3.8, 4) is 11.3 Å². The van der Waals surface area contributed by atoms with Crippen LogP contribution in [0, 0.1) is 11.7 Å². The molecule has 3 saturated heterocycles. The van der Waals surface area contributed by atoms with Crippen molar-refractivity contribution in [1.29, 1.82) is 0 Å². The average molecular weight is 385 g/mol. The van der Waals surface area contributed by atoms with Crippen LogP contribution in [0.25, 0.3) is 11.3 Å². The summed E-state index contributed by atoms with van der Waals surface area (Å²) in [6.07, 6.45) is 2.37. The topological polar surface area (TPSA) is 39.9 Å². The number of amides is 1. The number of carbonyl (C=O) groups is 1. The molecule has 2 bridgehead atoms. The molecule has 5 rings (SSSR count). The third-order valence-electron chi connectivity index (χ3n) is 5.92. The van der Waals surface area contributed by atoms with Crippen LogP contribution in [0.3, 0.4) is 0 Å². The van der Waals surface area contributed by atoms with Gasteiger partial charge in [-0.1, -0.05) is 12.1 Å². The second kappa shape index (κ2) is 8.05. The van der Waals surface area contributed by atoms with Crippen LogP contribution in [0.1, 0.15) is 18.6 Å². The third-order valence-corrected chi connectivity index (χ3v) is 5.92. The minimum atomic E-state index is -0.265. The first-order valence-corrected chi connectivity index (χ1v) is 10.00. The Morgan fingerprint density at radius 2 is 1.96 bits per heavy atom. The monoisotopic (exact) mass is 385 g/mol. The molecule has 1 amide bonds. The van der Waals surface area contributed by atoms with E-state index < -0.39 is 0 Å². The van der Waals surface area contributed by atoms with Crippen molar-refractivity contribution < 1.29 is 13.6 Å². The van der Waals surface area contributed by atoms with E-state index in [0.29, 0.717) is 29.8 Å². The zero-order valence-corrected chi connectivity index (χ0v) is 16.6. The first-order chi connectivity index (χ1) is 13.5. The molecule has 0 saturated carbocycles. The van der Waals surface area contributed by atoms with Gasteiger partial charge in [-0.25, -0.2) is 4.39 Å². The molecule has 5 nitrogen and oxygen atoms in total. The number of nitrogens with zero attached hydrogens (tertiary/aromatic N) is 3. The molecule has 0 N–H and O–H groups in total. The molecule has 0 aliphatic carbocycles. The van der Waals surface area contributed by atoms with Crippen molar-refractivity contribution in [2.24, 2.45) is 5.92 Å². The molecule has 2 aromatic rings. The van der Waals surface area contributed by atoms with E-state index in [4.69, 9.17) is 4.42 Å². The SMILES string of the molecule is CN(C)C(=O)CN1C[C@H]2CC[C@@H](C1)N(Cc1ccc(-c3ccccc3F)o1)C2. The Balaban J connectivity index is 1.43. The Morgan fingerprint density at radius 3 is 2.75 bits per heavy atom. The molecule has 28 heavy (non-hydrogen) atoms. The van der Waals surface area contributed by atoms with Gasteiger partial charge in [0.15, 0.2) is 0 Å².